The average Bonchev–Trinajstić information content (AvgIpc) is 2.12. The molecule has 0 aromatic carbocycles. The highest BCUT2D eigenvalue weighted by Gasteiger charge is 2.25. The maximum absolute atomic E-state index is 11.7. The van der Waals surface area contributed by atoms with E-state index < -0.39 is 0 Å². The van der Waals surface area contributed by atoms with E-state index in [4.69, 9.17) is 5.11 Å². The van der Waals surface area contributed by atoms with Gasteiger partial charge in [-0.1, -0.05) is 34.6 Å². The van der Waals surface area contributed by atoms with Crippen molar-refractivity contribution in [2.45, 2.75) is 52.3 Å². The summed E-state index contributed by atoms with van der Waals surface area (Å²) in [6, 6.07) is 0.0396. The number of aliphatic hydroxyl groups excluding tert-OH is 1. The second-order valence-corrected chi connectivity index (χ2v) is 6.92. The molecule has 0 aliphatic heterocycles. The normalized spacial score (nSPS) is 13.9. The molecule has 3 nitrogen and oxygen atoms in total. The number of rotatable bonds is 6. The maximum Gasteiger partial charge on any atom is 0.230 e. The SMILES string of the molecule is CC(C)SCC(=O)NC(CCO)C(C)(C)C. The van der Waals surface area contributed by atoms with Gasteiger partial charge in [0.2, 0.25) is 5.91 Å². The first-order valence-electron chi connectivity index (χ1n) is 5.79. The Bertz CT molecular complexity index is 212. The van der Waals surface area contributed by atoms with Crippen LogP contribution in [0.1, 0.15) is 41.0 Å². The maximum atomic E-state index is 11.7. The van der Waals surface area contributed by atoms with Crippen LogP contribution in [0.5, 0.6) is 0 Å². The molecule has 0 aromatic heterocycles. The van der Waals surface area contributed by atoms with Crippen molar-refractivity contribution in [3.8, 4) is 0 Å². The van der Waals surface area contributed by atoms with E-state index in [1.807, 2.05) is 0 Å². The summed E-state index contributed by atoms with van der Waals surface area (Å²) in [4.78, 5) is 11.7. The van der Waals surface area contributed by atoms with Crippen LogP contribution in [0.4, 0.5) is 0 Å². The molecule has 0 aliphatic carbocycles. The number of thioether (sulfide) groups is 1. The van der Waals surface area contributed by atoms with Crippen LogP contribution in [0, 0.1) is 5.41 Å². The first-order valence-corrected chi connectivity index (χ1v) is 6.84. The van der Waals surface area contributed by atoms with Crippen molar-refractivity contribution < 1.29 is 9.90 Å². The molecule has 0 aliphatic rings. The molecule has 0 aromatic rings. The topological polar surface area (TPSA) is 49.3 Å². The lowest BCUT2D eigenvalue weighted by molar-refractivity contribution is -0.120. The summed E-state index contributed by atoms with van der Waals surface area (Å²) < 4.78 is 0. The standard InChI is InChI=1S/C12H25NO2S/c1-9(2)16-8-11(15)13-10(6-7-14)12(3,4)5/h9-10,14H,6-8H2,1-5H3,(H,13,15). The van der Waals surface area contributed by atoms with Gasteiger partial charge in [-0.25, -0.2) is 0 Å². The predicted molar refractivity (Wildman–Crippen MR) is 70.7 cm³/mol. The molecule has 0 fully saturated rings. The number of hydrogen-bond acceptors (Lipinski definition) is 3. The Morgan fingerprint density at radius 3 is 2.31 bits per heavy atom. The van der Waals surface area contributed by atoms with Gasteiger partial charge in [0.1, 0.15) is 0 Å². The molecule has 1 atom stereocenters. The fraction of sp³-hybridized carbons (Fsp3) is 0.917. The monoisotopic (exact) mass is 247 g/mol. The first kappa shape index (κ1) is 15.8. The van der Waals surface area contributed by atoms with E-state index in [9.17, 15) is 4.79 Å². The van der Waals surface area contributed by atoms with E-state index in [1.54, 1.807) is 11.8 Å². The van der Waals surface area contributed by atoms with E-state index >= 15 is 0 Å². The van der Waals surface area contributed by atoms with E-state index in [1.165, 1.54) is 0 Å². The third kappa shape index (κ3) is 7.12. The minimum atomic E-state index is -0.0130. The van der Waals surface area contributed by atoms with Crippen molar-refractivity contribution in [3.63, 3.8) is 0 Å². The van der Waals surface area contributed by atoms with Gasteiger partial charge in [-0.2, -0.15) is 0 Å². The molecule has 0 saturated carbocycles. The van der Waals surface area contributed by atoms with Crippen LogP contribution in [0.2, 0.25) is 0 Å². The lowest BCUT2D eigenvalue weighted by atomic mass is 9.85. The highest BCUT2D eigenvalue weighted by atomic mass is 32.2. The molecule has 0 rings (SSSR count). The minimum absolute atomic E-state index is 0.0130. The van der Waals surface area contributed by atoms with Crippen LogP contribution in [-0.2, 0) is 4.79 Å². The molecule has 1 unspecified atom stereocenters. The zero-order valence-electron chi connectivity index (χ0n) is 11.0. The summed E-state index contributed by atoms with van der Waals surface area (Å²) in [6.45, 7) is 10.5. The minimum Gasteiger partial charge on any atom is -0.396 e. The number of carbonyl (C=O) groups is 1. The fourth-order valence-corrected chi connectivity index (χ4v) is 1.90. The van der Waals surface area contributed by atoms with Crippen molar-refractivity contribution in [2.75, 3.05) is 12.4 Å². The van der Waals surface area contributed by atoms with Gasteiger partial charge in [-0.15, -0.1) is 11.8 Å². The molecule has 0 radical (unpaired) electrons. The molecule has 2 N–H and O–H groups in total. The molecule has 96 valence electrons. The van der Waals surface area contributed by atoms with Crippen molar-refractivity contribution >= 4 is 17.7 Å². The molecule has 4 heteroatoms. The molecule has 16 heavy (non-hydrogen) atoms. The number of nitrogens with one attached hydrogen (secondary N) is 1. The van der Waals surface area contributed by atoms with Crippen LogP contribution in [0.15, 0.2) is 0 Å². The lowest BCUT2D eigenvalue weighted by Gasteiger charge is -2.31. The third-order valence-electron chi connectivity index (χ3n) is 2.35. The van der Waals surface area contributed by atoms with Crippen LogP contribution in [-0.4, -0.2) is 34.7 Å². The Morgan fingerprint density at radius 1 is 1.38 bits per heavy atom. The summed E-state index contributed by atoms with van der Waals surface area (Å²) in [5.41, 5.74) is -0.0130. The number of hydrogen-bond donors (Lipinski definition) is 2. The Labute approximate surface area is 103 Å². The van der Waals surface area contributed by atoms with Gasteiger partial charge in [-0.3, -0.25) is 4.79 Å². The second kappa shape index (κ2) is 7.17. The van der Waals surface area contributed by atoms with Crippen LogP contribution in [0.3, 0.4) is 0 Å². The van der Waals surface area contributed by atoms with Crippen molar-refractivity contribution in [1.29, 1.82) is 0 Å². The van der Waals surface area contributed by atoms with Crippen molar-refractivity contribution in [1.82, 2.24) is 5.32 Å². The second-order valence-electron chi connectivity index (χ2n) is 5.36. The fourth-order valence-electron chi connectivity index (χ4n) is 1.33. The van der Waals surface area contributed by atoms with Gasteiger partial charge in [0, 0.05) is 12.6 Å². The molecule has 0 saturated heterocycles. The van der Waals surface area contributed by atoms with Gasteiger partial charge in [-0.05, 0) is 17.1 Å². The molecule has 0 spiro atoms. The summed E-state index contributed by atoms with van der Waals surface area (Å²) >= 11 is 1.64. The Hall–Kier alpha value is -0.220. The highest BCUT2D eigenvalue weighted by Crippen LogP contribution is 2.21. The Morgan fingerprint density at radius 2 is 1.94 bits per heavy atom. The molecule has 0 bridgehead atoms. The summed E-state index contributed by atoms with van der Waals surface area (Å²) in [5.74, 6) is 0.558. The van der Waals surface area contributed by atoms with Gasteiger partial charge < -0.3 is 10.4 Å². The van der Waals surface area contributed by atoms with Gasteiger partial charge in [0.05, 0.1) is 5.75 Å². The summed E-state index contributed by atoms with van der Waals surface area (Å²) in [7, 11) is 0. The van der Waals surface area contributed by atoms with Gasteiger partial charge in [0.15, 0.2) is 0 Å². The van der Waals surface area contributed by atoms with Crippen LogP contribution in [0.25, 0.3) is 0 Å². The van der Waals surface area contributed by atoms with Gasteiger partial charge in [0.25, 0.3) is 0 Å². The molecule has 1 amide bonds. The Kier molecular flexibility index (Phi) is 7.07. The van der Waals surface area contributed by atoms with Gasteiger partial charge >= 0.3 is 0 Å². The van der Waals surface area contributed by atoms with Crippen molar-refractivity contribution in [2.24, 2.45) is 5.41 Å². The summed E-state index contributed by atoms with van der Waals surface area (Å²) in [6.07, 6.45) is 0.613. The number of aliphatic hydroxyl groups is 1. The Balaban J connectivity index is 4.14. The quantitative estimate of drug-likeness (QED) is 0.755. The third-order valence-corrected chi connectivity index (χ3v) is 3.44. The largest absolute Gasteiger partial charge is 0.396 e. The zero-order valence-corrected chi connectivity index (χ0v) is 11.9. The molecular formula is C12H25NO2S. The first-order chi connectivity index (χ1) is 7.27. The van der Waals surface area contributed by atoms with E-state index in [0.717, 1.165) is 0 Å². The van der Waals surface area contributed by atoms with E-state index in [-0.39, 0.29) is 24.0 Å². The van der Waals surface area contributed by atoms with E-state index in [0.29, 0.717) is 17.4 Å². The average molecular weight is 247 g/mol. The molecular weight excluding hydrogens is 222 g/mol. The number of amides is 1. The molecule has 0 heterocycles. The lowest BCUT2D eigenvalue weighted by Crippen LogP contribution is -2.45. The van der Waals surface area contributed by atoms with Crippen LogP contribution < -0.4 is 5.32 Å². The van der Waals surface area contributed by atoms with Crippen LogP contribution >= 0.6 is 11.8 Å². The predicted octanol–water partition coefficient (Wildman–Crippen LogP) is 2.04. The van der Waals surface area contributed by atoms with Crippen molar-refractivity contribution in [3.05, 3.63) is 0 Å². The summed E-state index contributed by atoms with van der Waals surface area (Å²) in [5, 5.41) is 12.4. The highest BCUT2D eigenvalue weighted by molar-refractivity contribution is 8.00. The smallest absolute Gasteiger partial charge is 0.230 e. The zero-order chi connectivity index (χ0) is 12.8. The van der Waals surface area contributed by atoms with E-state index in [2.05, 4.69) is 39.9 Å². The number of carbonyl (C=O) groups excluding carboxylic acids is 1.